The number of para-hydroxylation sites is 1. The van der Waals surface area contributed by atoms with Gasteiger partial charge in [0.05, 0.1) is 7.11 Å². The summed E-state index contributed by atoms with van der Waals surface area (Å²) in [5.41, 5.74) is 2.60. The fourth-order valence-electron chi connectivity index (χ4n) is 2.13. The van der Waals surface area contributed by atoms with Gasteiger partial charge in [0.2, 0.25) is 0 Å². The molecule has 0 fully saturated rings. The Morgan fingerprint density at radius 1 is 1.12 bits per heavy atom. The summed E-state index contributed by atoms with van der Waals surface area (Å²) in [6.45, 7) is 3.38. The molecule has 6 nitrogen and oxygen atoms in total. The number of hydrogen-bond acceptors (Lipinski definition) is 5. The maximum absolute atomic E-state index is 12.0. The molecule has 0 aliphatic rings. The van der Waals surface area contributed by atoms with E-state index in [4.69, 9.17) is 9.47 Å². The highest BCUT2D eigenvalue weighted by atomic mass is 16.5. The van der Waals surface area contributed by atoms with Crippen LogP contribution in [0.1, 0.15) is 21.5 Å². The topological polar surface area (TPSA) is 84.9 Å². The third kappa shape index (κ3) is 3.84. The van der Waals surface area contributed by atoms with E-state index in [2.05, 4.69) is 5.32 Å². The lowest BCUT2D eigenvalue weighted by atomic mass is 10.1. The Morgan fingerprint density at radius 2 is 1.83 bits per heavy atom. The quantitative estimate of drug-likeness (QED) is 0.824. The van der Waals surface area contributed by atoms with Gasteiger partial charge in [0.1, 0.15) is 5.56 Å². The van der Waals surface area contributed by atoms with E-state index >= 15 is 0 Å². The Labute approximate surface area is 140 Å². The van der Waals surface area contributed by atoms with Crippen LogP contribution in [0.25, 0.3) is 0 Å². The minimum atomic E-state index is -0.803. The van der Waals surface area contributed by atoms with E-state index in [9.17, 15) is 14.7 Å². The summed E-state index contributed by atoms with van der Waals surface area (Å²) < 4.78 is 9.87. The Balaban J connectivity index is 1.99. The second-order valence-electron chi connectivity index (χ2n) is 5.23. The lowest BCUT2D eigenvalue weighted by molar-refractivity contribution is -0.119. The molecule has 0 aliphatic carbocycles. The van der Waals surface area contributed by atoms with E-state index in [1.807, 2.05) is 26.0 Å². The SMILES string of the molecule is COc1cccc(C(=O)OCC(=O)Nc2cccc(C)c2C)c1O. The van der Waals surface area contributed by atoms with Gasteiger partial charge in [0.25, 0.3) is 5.91 Å². The highest BCUT2D eigenvalue weighted by Gasteiger charge is 2.17. The number of amides is 1. The molecule has 0 unspecified atom stereocenters. The van der Waals surface area contributed by atoms with Crippen molar-refractivity contribution in [2.45, 2.75) is 13.8 Å². The van der Waals surface area contributed by atoms with Gasteiger partial charge in [0, 0.05) is 5.69 Å². The van der Waals surface area contributed by atoms with Crippen LogP contribution < -0.4 is 10.1 Å². The number of phenols is 1. The van der Waals surface area contributed by atoms with Gasteiger partial charge in [-0.25, -0.2) is 4.79 Å². The smallest absolute Gasteiger partial charge is 0.342 e. The van der Waals surface area contributed by atoms with Gasteiger partial charge >= 0.3 is 5.97 Å². The number of anilines is 1. The number of rotatable bonds is 5. The van der Waals surface area contributed by atoms with Crippen LogP contribution in [0.15, 0.2) is 36.4 Å². The van der Waals surface area contributed by atoms with E-state index in [1.54, 1.807) is 12.1 Å². The van der Waals surface area contributed by atoms with Crippen molar-refractivity contribution in [2.75, 3.05) is 19.0 Å². The van der Waals surface area contributed by atoms with Crippen LogP contribution >= 0.6 is 0 Å². The molecule has 0 radical (unpaired) electrons. The van der Waals surface area contributed by atoms with Gasteiger partial charge in [-0.1, -0.05) is 18.2 Å². The number of nitrogens with one attached hydrogen (secondary N) is 1. The number of aryl methyl sites for hydroxylation is 1. The normalized spacial score (nSPS) is 10.1. The number of phenolic OH excluding ortho intramolecular Hbond substituents is 1. The van der Waals surface area contributed by atoms with Crippen molar-refractivity contribution in [3.63, 3.8) is 0 Å². The van der Waals surface area contributed by atoms with Gasteiger partial charge in [0.15, 0.2) is 18.1 Å². The van der Waals surface area contributed by atoms with Gasteiger partial charge in [-0.2, -0.15) is 0 Å². The second kappa shape index (κ2) is 7.50. The van der Waals surface area contributed by atoms with Crippen LogP contribution in [0.3, 0.4) is 0 Å². The van der Waals surface area contributed by atoms with Crippen LogP contribution in [0.4, 0.5) is 5.69 Å². The Morgan fingerprint density at radius 3 is 2.54 bits per heavy atom. The molecule has 0 saturated carbocycles. The predicted molar refractivity (Wildman–Crippen MR) is 89.5 cm³/mol. The average molecular weight is 329 g/mol. The standard InChI is InChI=1S/C18H19NO5/c1-11-6-4-8-14(12(11)2)19-16(20)10-24-18(22)13-7-5-9-15(23-3)17(13)21/h4-9,21H,10H2,1-3H3,(H,19,20). The zero-order valence-electron chi connectivity index (χ0n) is 13.8. The zero-order valence-corrected chi connectivity index (χ0v) is 13.8. The van der Waals surface area contributed by atoms with Gasteiger partial charge in [-0.15, -0.1) is 0 Å². The van der Waals surface area contributed by atoms with E-state index in [-0.39, 0.29) is 17.1 Å². The molecule has 0 saturated heterocycles. The summed E-state index contributed by atoms with van der Waals surface area (Å²) in [5, 5.41) is 12.6. The number of aromatic hydroxyl groups is 1. The van der Waals surface area contributed by atoms with Crippen LogP contribution in [-0.2, 0) is 9.53 Å². The first kappa shape index (κ1) is 17.3. The van der Waals surface area contributed by atoms with Crippen LogP contribution in [0.5, 0.6) is 11.5 Å². The highest BCUT2D eigenvalue weighted by Crippen LogP contribution is 2.29. The van der Waals surface area contributed by atoms with Crippen LogP contribution in [0.2, 0.25) is 0 Å². The Kier molecular flexibility index (Phi) is 5.42. The van der Waals surface area contributed by atoms with E-state index in [0.717, 1.165) is 11.1 Å². The van der Waals surface area contributed by atoms with E-state index < -0.39 is 18.5 Å². The predicted octanol–water partition coefficient (Wildman–Crippen LogP) is 2.81. The molecule has 0 aromatic heterocycles. The number of methoxy groups -OCH3 is 1. The molecule has 2 aromatic carbocycles. The highest BCUT2D eigenvalue weighted by molar-refractivity contribution is 5.97. The maximum atomic E-state index is 12.0. The van der Waals surface area contributed by atoms with Crippen molar-refractivity contribution in [1.82, 2.24) is 0 Å². The van der Waals surface area contributed by atoms with Crippen molar-refractivity contribution in [3.8, 4) is 11.5 Å². The summed E-state index contributed by atoms with van der Waals surface area (Å²) in [6, 6.07) is 10.00. The molecule has 126 valence electrons. The number of benzene rings is 2. The molecule has 2 aromatic rings. The number of carbonyl (C=O) groups excluding carboxylic acids is 2. The van der Waals surface area contributed by atoms with Crippen LogP contribution in [0, 0.1) is 13.8 Å². The minimum Gasteiger partial charge on any atom is -0.504 e. The summed E-state index contributed by atoms with van der Waals surface area (Å²) in [6.07, 6.45) is 0. The number of esters is 1. The fraction of sp³-hybridized carbons (Fsp3) is 0.222. The van der Waals surface area contributed by atoms with Crippen LogP contribution in [-0.4, -0.2) is 30.7 Å². The lowest BCUT2D eigenvalue weighted by Gasteiger charge is -2.11. The molecule has 0 spiro atoms. The summed E-state index contributed by atoms with van der Waals surface area (Å²) in [7, 11) is 1.38. The lowest BCUT2D eigenvalue weighted by Crippen LogP contribution is -2.21. The molecule has 1 amide bonds. The van der Waals surface area contributed by atoms with E-state index in [0.29, 0.717) is 5.69 Å². The first-order valence-electron chi connectivity index (χ1n) is 7.33. The summed E-state index contributed by atoms with van der Waals surface area (Å²) >= 11 is 0. The molecule has 2 rings (SSSR count). The number of hydrogen-bond donors (Lipinski definition) is 2. The van der Waals surface area contributed by atoms with Gasteiger partial charge < -0.3 is 19.9 Å². The second-order valence-corrected chi connectivity index (χ2v) is 5.23. The number of carbonyl (C=O) groups is 2. The summed E-state index contributed by atoms with van der Waals surface area (Å²) in [5.74, 6) is -1.42. The number of ether oxygens (including phenoxy) is 2. The van der Waals surface area contributed by atoms with Crippen molar-refractivity contribution in [2.24, 2.45) is 0 Å². The minimum absolute atomic E-state index is 0.0612. The molecular weight excluding hydrogens is 310 g/mol. The maximum Gasteiger partial charge on any atom is 0.342 e. The molecule has 0 bridgehead atoms. The average Bonchev–Trinajstić information content (AvgIpc) is 2.57. The molecule has 0 aliphatic heterocycles. The molecule has 0 atom stereocenters. The van der Waals surface area contributed by atoms with Gasteiger partial charge in [-0.3, -0.25) is 4.79 Å². The summed E-state index contributed by atoms with van der Waals surface area (Å²) in [4.78, 5) is 23.9. The molecular formula is C18H19NO5. The molecule has 2 N–H and O–H groups in total. The molecule has 0 heterocycles. The Hall–Kier alpha value is -3.02. The zero-order chi connectivity index (χ0) is 17.7. The largest absolute Gasteiger partial charge is 0.504 e. The third-order valence-electron chi connectivity index (χ3n) is 3.65. The first-order valence-corrected chi connectivity index (χ1v) is 7.33. The van der Waals surface area contributed by atoms with Gasteiger partial charge in [-0.05, 0) is 43.2 Å². The third-order valence-corrected chi connectivity index (χ3v) is 3.65. The van der Waals surface area contributed by atoms with Crippen molar-refractivity contribution < 1.29 is 24.2 Å². The molecule has 6 heteroatoms. The van der Waals surface area contributed by atoms with Crippen molar-refractivity contribution in [3.05, 3.63) is 53.1 Å². The monoisotopic (exact) mass is 329 g/mol. The van der Waals surface area contributed by atoms with E-state index in [1.165, 1.54) is 19.2 Å². The fourth-order valence-corrected chi connectivity index (χ4v) is 2.13. The Bertz CT molecular complexity index is 770. The van der Waals surface area contributed by atoms with Crippen molar-refractivity contribution >= 4 is 17.6 Å². The van der Waals surface area contributed by atoms with Crippen molar-refractivity contribution in [1.29, 1.82) is 0 Å². The first-order chi connectivity index (χ1) is 11.4. The molecule has 24 heavy (non-hydrogen) atoms.